The van der Waals surface area contributed by atoms with E-state index in [0.29, 0.717) is 12.1 Å². The van der Waals surface area contributed by atoms with Crippen LogP contribution in [0.3, 0.4) is 0 Å². The van der Waals surface area contributed by atoms with Crippen LogP contribution in [0.2, 0.25) is 0 Å². The third-order valence-electron chi connectivity index (χ3n) is 1.84. The van der Waals surface area contributed by atoms with Crippen LogP contribution in [0.25, 0.3) is 0 Å². The van der Waals surface area contributed by atoms with Gasteiger partial charge in [-0.05, 0) is 17.9 Å². The minimum absolute atomic E-state index is 0.238. The molecule has 0 aromatic carbocycles. The summed E-state index contributed by atoms with van der Waals surface area (Å²) < 4.78 is 0. The molecule has 1 atom stereocenters. The smallest absolute Gasteiger partial charge is 0.0449 e. The molecule has 0 aliphatic heterocycles. The second kappa shape index (κ2) is 5.37. The summed E-state index contributed by atoms with van der Waals surface area (Å²) in [5.74, 6) is 0. The number of aliphatic hydroxyl groups is 1. The van der Waals surface area contributed by atoms with E-state index in [2.05, 4.69) is 30.6 Å². The zero-order valence-electron chi connectivity index (χ0n) is 8.16. The van der Waals surface area contributed by atoms with Crippen LogP contribution in [0.15, 0.2) is 17.5 Å². The Morgan fingerprint density at radius 1 is 1.54 bits per heavy atom. The molecule has 1 heterocycles. The first kappa shape index (κ1) is 10.7. The van der Waals surface area contributed by atoms with E-state index in [-0.39, 0.29) is 6.61 Å². The SMILES string of the molecule is CC(C)N[C@@H](CCO)c1cccs1. The molecule has 3 heteroatoms. The fraction of sp³-hybridized carbons (Fsp3) is 0.600. The highest BCUT2D eigenvalue weighted by Crippen LogP contribution is 2.21. The second-order valence-electron chi connectivity index (χ2n) is 3.40. The maximum atomic E-state index is 8.91. The number of aliphatic hydroxyl groups excluding tert-OH is 1. The molecule has 74 valence electrons. The van der Waals surface area contributed by atoms with Gasteiger partial charge >= 0.3 is 0 Å². The lowest BCUT2D eigenvalue weighted by Gasteiger charge is -2.18. The summed E-state index contributed by atoms with van der Waals surface area (Å²) in [6.45, 7) is 4.48. The van der Waals surface area contributed by atoms with Crippen molar-refractivity contribution in [2.75, 3.05) is 6.61 Å². The van der Waals surface area contributed by atoms with Crippen molar-refractivity contribution in [3.8, 4) is 0 Å². The van der Waals surface area contributed by atoms with Gasteiger partial charge in [0.05, 0.1) is 0 Å². The van der Waals surface area contributed by atoms with E-state index in [1.54, 1.807) is 11.3 Å². The molecule has 2 N–H and O–H groups in total. The Morgan fingerprint density at radius 2 is 2.31 bits per heavy atom. The Labute approximate surface area is 83.6 Å². The van der Waals surface area contributed by atoms with Gasteiger partial charge in [-0.1, -0.05) is 19.9 Å². The van der Waals surface area contributed by atoms with Crippen LogP contribution in [-0.2, 0) is 0 Å². The Bertz CT molecular complexity index is 221. The fourth-order valence-electron chi connectivity index (χ4n) is 1.33. The third-order valence-corrected chi connectivity index (χ3v) is 2.82. The van der Waals surface area contributed by atoms with Crippen molar-refractivity contribution in [3.05, 3.63) is 22.4 Å². The molecule has 0 saturated heterocycles. The highest BCUT2D eigenvalue weighted by atomic mass is 32.1. The van der Waals surface area contributed by atoms with E-state index in [0.717, 1.165) is 6.42 Å². The van der Waals surface area contributed by atoms with Crippen LogP contribution in [0.4, 0.5) is 0 Å². The first-order valence-corrected chi connectivity index (χ1v) is 5.52. The second-order valence-corrected chi connectivity index (χ2v) is 4.38. The summed E-state index contributed by atoms with van der Waals surface area (Å²) in [5, 5.41) is 14.4. The first-order valence-electron chi connectivity index (χ1n) is 4.64. The van der Waals surface area contributed by atoms with Crippen molar-refractivity contribution >= 4 is 11.3 Å². The summed E-state index contributed by atoms with van der Waals surface area (Å²) in [5.41, 5.74) is 0. The quantitative estimate of drug-likeness (QED) is 0.761. The number of nitrogens with one attached hydrogen (secondary N) is 1. The van der Waals surface area contributed by atoms with Gasteiger partial charge in [0.25, 0.3) is 0 Å². The number of hydrogen-bond donors (Lipinski definition) is 2. The lowest BCUT2D eigenvalue weighted by molar-refractivity contribution is 0.262. The summed E-state index contributed by atoms with van der Waals surface area (Å²) in [4.78, 5) is 1.31. The van der Waals surface area contributed by atoms with E-state index < -0.39 is 0 Å². The highest BCUT2D eigenvalue weighted by molar-refractivity contribution is 7.10. The number of rotatable bonds is 5. The molecule has 0 fully saturated rings. The van der Waals surface area contributed by atoms with E-state index >= 15 is 0 Å². The normalized spacial score (nSPS) is 13.5. The van der Waals surface area contributed by atoms with Crippen molar-refractivity contribution in [1.82, 2.24) is 5.32 Å². The highest BCUT2D eigenvalue weighted by Gasteiger charge is 2.12. The van der Waals surface area contributed by atoms with Gasteiger partial charge in [-0.25, -0.2) is 0 Å². The summed E-state index contributed by atoms with van der Waals surface area (Å²) in [6, 6.07) is 4.93. The average molecular weight is 199 g/mol. The van der Waals surface area contributed by atoms with Gasteiger partial charge in [0.2, 0.25) is 0 Å². The molecule has 0 bridgehead atoms. The van der Waals surface area contributed by atoms with Gasteiger partial charge in [0.15, 0.2) is 0 Å². The lowest BCUT2D eigenvalue weighted by atomic mass is 10.1. The maximum Gasteiger partial charge on any atom is 0.0449 e. The van der Waals surface area contributed by atoms with Crippen LogP contribution >= 0.6 is 11.3 Å². The predicted octanol–water partition coefficient (Wildman–Crippen LogP) is 2.17. The Kier molecular flexibility index (Phi) is 4.42. The van der Waals surface area contributed by atoms with Crippen LogP contribution in [0.5, 0.6) is 0 Å². The molecule has 0 spiro atoms. The van der Waals surface area contributed by atoms with Gasteiger partial charge in [0.1, 0.15) is 0 Å². The van der Waals surface area contributed by atoms with Gasteiger partial charge in [-0.15, -0.1) is 11.3 Å². The fourth-order valence-corrected chi connectivity index (χ4v) is 2.15. The summed E-state index contributed by atoms with van der Waals surface area (Å²) in [6.07, 6.45) is 0.790. The predicted molar refractivity (Wildman–Crippen MR) is 57.0 cm³/mol. The molecule has 0 radical (unpaired) electrons. The van der Waals surface area contributed by atoms with Crippen molar-refractivity contribution < 1.29 is 5.11 Å². The molecule has 2 nitrogen and oxygen atoms in total. The van der Waals surface area contributed by atoms with Crippen LogP contribution in [-0.4, -0.2) is 17.8 Å². The molecule has 1 rings (SSSR count). The molecule has 1 aromatic heterocycles. The van der Waals surface area contributed by atoms with Gasteiger partial charge in [-0.3, -0.25) is 0 Å². The summed E-state index contributed by atoms with van der Waals surface area (Å²) in [7, 11) is 0. The van der Waals surface area contributed by atoms with E-state index in [1.807, 2.05) is 6.07 Å². The maximum absolute atomic E-state index is 8.91. The third kappa shape index (κ3) is 3.46. The molecule has 0 amide bonds. The van der Waals surface area contributed by atoms with E-state index in [9.17, 15) is 0 Å². The molecule has 13 heavy (non-hydrogen) atoms. The van der Waals surface area contributed by atoms with Crippen molar-refractivity contribution in [2.24, 2.45) is 0 Å². The molecular formula is C10H17NOS. The minimum Gasteiger partial charge on any atom is -0.396 e. The monoisotopic (exact) mass is 199 g/mol. The van der Waals surface area contributed by atoms with Crippen LogP contribution < -0.4 is 5.32 Å². The largest absolute Gasteiger partial charge is 0.396 e. The molecule has 0 aliphatic carbocycles. The van der Waals surface area contributed by atoms with Gasteiger partial charge in [0, 0.05) is 23.6 Å². The van der Waals surface area contributed by atoms with Crippen LogP contribution in [0, 0.1) is 0 Å². The summed E-state index contributed by atoms with van der Waals surface area (Å²) >= 11 is 1.74. The van der Waals surface area contributed by atoms with Gasteiger partial charge < -0.3 is 10.4 Å². The average Bonchev–Trinajstić information content (AvgIpc) is 2.54. The first-order chi connectivity index (χ1) is 6.24. The Balaban J connectivity index is 2.57. The lowest BCUT2D eigenvalue weighted by Crippen LogP contribution is -2.28. The molecular weight excluding hydrogens is 182 g/mol. The standard InChI is InChI=1S/C10H17NOS/c1-8(2)11-9(5-6-12)10-4-3-7-13-10/h3-4,7-9,11-12H,5-6H2,1-2H3/t9-/m0/s1. The Hall–Kier alpha value is -0.380. The molecule has 0 aliphatic rings. The Morgan fingerprint density at radius 3 is 2.77 bits per heavy atom. The van der Waals surface area contributed by atoms with E-state index in [4.69, 9.17) is 5.11 Å². The van der Waals surface area contributed by atoms with Crippen molar-refractivity contribution in [1.29, 1.82) is 0 Å². The van der Waals surface area contributed by atoms with Crippen LogP contribution in [0.1, 0.15) is 31.2 Å². The minimum atomic E-state index is 0.238. The topological polar surface area (TPSA) is 32.3 Å². The molecule has 1 aromatic rings. The zero-order chi connectivity index (χ0) is 9.68. The molecule has 0 saturated carbocycles. The number of thiophene rings is 1. The van der Waals surface area contributed by atoms with Crippen molar-refractivity contribution in [3.63, 3.8) is 0 Å². The number of hydrogen-bond acceptors (Lipinski definition) is 3. The van der Waals surface area contributed by atoms with E-state index in [1.165, 1.54) is 4.88 Å². The van der Waals surface area contributed by atoms with Crippen molar-refractivity contribution in [2.45, 2.75) is 32.4 Å². The van der Waals surface area contributed by atoms with Gasteiger partial charge in [-0.2, -0.15) is 0 Å². The molecule has 0 unspecified atom stereocenters. The zero-order valence-corrected chi connectivity index (χ0v) is 8.97.